The zero-order valence-corrected chi connectivity index (χ0v) is 21.7. The number of amides is 1. The van der Waals surface area contributed by atoms with Gasteiger partial charge in [0.1, 0.15) is 11.4 Å². The molecule has 0 aliphatic rings. The Morgan fingerprint density at radius 2 is 1.32 bits per heavy atom. The Hall–Kier alpha value is -5.43. The molecule has 0 atom stereocenters. The third kappa shape index (κ3) is 5.68. The van der Waals surface area contributed by atoms with Gasteiger partial charge in [-0.3, -0.25) is 4.79 Å². The van der Waals surface area contributed by atoms with Gasteiger partial charge in [0.05, 0.1) is 11.4 Å². The van der Waals surface area contributed by atoms with Crippen LogP contribution in [0.15, 0.2) is 134 Å². The van der Waals surface area contributed by atoms with E-state index in [-0.39, 0.29) is 12.6 Å². The molecule has 0 aliphatic heterocycles. The minimum Gasteiger partial charge on any atom is -0.471 e. The van der Waals surface area contributed by atoms with Gasteiger partial charge in [0.25, 0.3) is 5.91 Å². The van der Waals surface area contributed by atoms with Gasteiger partial charge in [0.15, 0.2) is 6.73 Å². The number of ether oxygens (including phenoxy) is 1. The molecule has 0 bridgehead atoms. The van der Waals surface area contributed by atoms with E-state index in [2.05, 4.69) is 22.5 Å². The number of carbonyl (C=O) groups is 1. The van der Waals surface area contributed by atoms with E-state index in [0.29, 0.717) is 12.2 Å². The van der Waals surface area contributed by atoms with Crippen LogP contribution >= 0.6 is 0 Å². The molecule has 0 aliphatic carbocycles. The second-order valence-corrected chi connectivity index (χ2v) is 9.24. The van der Waals surface area contributed by atoms with Crippen LogP contribution in [0.4, 0.5) is 0 Å². The summed E-state index contributed by atoms with van der Waals surface area (Å²) in [6.07, 6.45) is 3.68. The Morgan fingerprint density at radius 1 is 0.700 bits per heavy atom. The summed E-state index contributed by atoms with van der Waals surface area (Å²) in [5.74, 6) is 0.461. The molecule has 2 heterocycles. The van der Waals surface area contributed by atoms with Crippen molar-refractivity contribution in [3.8, 4) is 33.8 Å². The van der Waals surface area contributed by atoms with Crippen molar-refractivity contribution in [3.63, 3.8) is 0 Å². The largest absolute Gasteiger partial charge is 0.471 e. The first-order chi connectivity index (χ1) is 19.7. The Labute approximate surface area is 232 Å². The predicted molar refractivity (Wildman–Crippen MR) is 155 cm³/mol. The molecule has 1 amide bonds. The molecule has 0 fully saturated rings. The number of hydrogen-bond donors (Lipinski definition) is 1. The topological polar surface area (TPSA) is 74.0 Å². The minimum absolute atomic E-state index is 0.194. The van der Waals surface area contributed by atoms with Crippen LogP contribution in [0.1, 0.15) is 16.1 Å². The number of nitrogens with one attached hydrogen (secondary N) is 1. The molecule has 1 N–H and O–H groups in total. The smallest absolute Gasteiger partial charge is 0.272 e. The average molecular weight is 526 g/mol. The Morgan fingerprint density at radius 3 is 2.02 bits per heavy atom. The lowest BCUT2D eigenvalue weighted by atomic mass is 10.1. The zero-order chi connectivity index (χ0) is 27.1. The van der Waals surface area contributed by atoms with Crippen LogP contribution in [0.2, 0.25) is 0 Å². The van der Waals surface area contributed by atoms with Crippen LogP contribution in [0, 0.1) is 0 Å². The van der Waals surface area contributed by atoms with Crippen molar-refractivity contribution < 1.29 is 9.53 Å². The van der Waals surface area contributed by atoms with Crippen LogP contribution in [-0.2, 0) is 13.3 Å². The summed E-state index contributed by atoms with van der Waals surface area (Å²) < 4.78 is 9.31. The number of carbonyl (C=O) groups excluding carboxylic acids is 1. The number of para-hydroxylation sites is 1. The highest BCUT2D eigenvalue weighted by Gasteiger charge is 2.15. The molecule has 40 heavy (non-hydrogen) atoms. The second kappa shape index (κ2) is 11.5. The van der Waals surface area contributed by atoms with Crippen molar-refractivity contribution in [2.24, 2.45) is 0 Å². The number of nitrogens with zero attached hydrogens (tertiary/aromatic N) is 4. The Kier molecular flexibility index (Phi) is 7.17. The van der Waals surface area contributed by atoms with E-state index in [1.807, 2.05) is 114 Å². The summed E-state index contributed by atoms with van der Waals surface area (Å²) in [5, 5.41) is 12.2. The predicted octanol–water partition coefficient (Wildman–Crippen LogP) is 6.37. The minimum atomic E-state index is -0.266. The van der Waals surface area contributed by atoms with E-state index < -0.39 is 0 Å². The summed E-state index contributed by atoms with van der Waals surface area (Å²) in [4.78, 5) is 12.9. The molecular weight excluding hydrogens is 498 g/mol. The molecule has 6 rings (SSSR count). The van der Waals surface area contributed by atoms with Gasteiger partial charge in [-0.15, -0.1) is 0 Å². The lowest BCUT2D eigenvalue weighted by molar-refractivity contribution is 0.0944. The fourth-order valence-corrected chi connectivity index (χ4v) is 4.43. The van der Waals surface area contributed by atoms with Crippen molar-refractivity contribution >= 4 is 5.91 Å². The molecule has 0 saturated heterocycles. The number of aromatic nitrogens is 4. The van der Waals surface area contributed by atoms with Crippen molar-refractivity contribution in [1.29, 1.82) is 0 Å². The van der Waals surface area contributed by atoms with Gasteiger partial charge in [0.2, 0.25) is 0 Å². The monoisotopic (exact) mass is 525 g/mol. The van der Waals surface area contributed by atoms with E-state index in [1.165, 1.54) is 0 Å². The van der Waals surface area contributed by atoms with Gasteiger partial charge in [0, 0.05) is 30.1 Å². The maximum Gasteiger partial charge on any atom is 0.272 e. The SMILES string of the molecule is O=C(NCc1cn(-c2ccccc2)nc1-c1ccccc1)c1ccn(COc2ccc(-c3ccccc3)cc2)n1. The Balaban J connectivity index is 1.10. The quantitative estimate of drug-likeness (QED) is 0.238. The van der Waals surface area contributed by atoms with E-state index in [1.54, 1.807) is 16.9 Å². The highest BCUT2D eigenvalue weighted by Crippen LogP contribution is 2.24. The average Bonchev–Trinajstić information content (AvgIpc) is 3.68. The number of rotatable bonds is 9. The van der Waals surface area contributed by atoms with E-state index in [0.717, 1.165) is 39.4 Å². The van der Waals surface area contributed by atoms with Crippen molar-refractivity contribution in [1.82, 2.24) is 24.9 Å². The maximum atomic E-state index is 12.9. The van der Waals surface area contributed by atoms with Gasteiger partial charge >= 0.3 is 0 Å². The summed E-state index contributed by atoms with van der Waals surface area (Å²) in [5.41, 5.74) is 6.26. The molecular formula is C33H27N5O2. The first kappa shape index (κ1) is 24.9. The van der Waals surface area contributed by atoms with E-state index in [9.17, 15) is 4.79 Å². The van der Waals surface area contributed by atoms with Gasteiger partial charge in [-0.1, -0.05) is 91.0 Å². The van der Waals surface area contributed by atoms with Gasteiger partial charge in [-0.2, -0.15) is 10.2 Å². The fraction of sp³-hybridized carbons (Fsp3) is 0.0606. The van der Waals surface area contributed by atoms with Crippen LogP contribution in [0.5, 0.6) is 5.75 Å². The van der Waals surface area contributed by atoms with Gasteiger partial charge < -0.3 is 10.1 Å². The molecule has 7 nitrogen and oxygen atoms in total. The summed E-state index contributed by atoms with van der Waals surface area (Å²) in [6.45, 7) is 0.507. The molecule has 0 saturated carbocycles. The van der Waals surface area contributed by atoms with E-state index >= 15 is 0 Å². The van der Waals surface area contributed by atoms with Crippen LogP contribution in [0.25, 0.3) is 28.1 Å². The summed E-state index contributed by atoms with van der Waals surface area (Å²) >= 11 is 0. The third-order valence-electron chi connectivity index (χ3n) is 6.50. The number of hydrogen-bond acceptors (Lipinski definition) is 4. The first-order valence-corrected chi connectivity index (χ1v) is 13.0. The van der Waals surface area contributed by atoms with Crippen molar-refractivity contribution in [3.05, 3.63) is 145 Å². The summed E-state index contributed by atoms with van der Waals surface area (Å²) in [6, 6.07) is 39.6. The molecule has 6 aromatic rings. The molecule has 0 spiro atoms. The van der Waals surface area contributed by atoms with Gasteiger partial charge in [-0.05, 0) is 41.5 Å². The van der Waals surface area contributed by atoms with E-state index in [4.69, 9.17) is 9.84 Å². The molecule has 2 aromatic heterocycles. The van der Waals surface area contributed by atoms with Crippen molar-refractivity contribution in [2.45, 2.75) is 13.3 Å². The first-order valence-electron chi connectivity index (χ1n) is 13.0. The van der Waals surface area contributed by atoms with Gasteiger partial charge in [-0.25, -0.2) is 9.36 Å². The fourth-order valence-electron chi connectivity index (χ4n) is 4.43. The van der Waals surface area contributed by atoms with Crippen molar-refractivity contribution in [2.75, 3.05) is 0 Å². The summed E-state index contributed by atoms with van der Waals surface area (Å²) in [7, 11) is 0. The van der Waals surface area contributed by atoms with Crippen LogP contribution < -0.4 is 10.1 Å². The normalized spacial score (nSPS) is 10.8. The molecule has 7 heteroatoms. The Bertz CT molecular complexity index is 1690. The van der Waals surface area contributed by atoms with Crippen LogP contribution in [0.3, 0.4) is 0 Å². The standard InChI is InChI=1S/C33H27N5O2/c39-33(31-20-21-37(35-31)24-40-30-18-16-26(17-19-30)25-10-4-1-5-11-25)34-22-28-23-38(29-14-8-3-9-15-29)36-32(28)27-12-6-2-7-13-27/h1-21,23H,22,24H2,(H,34,39). The van der Waals surface area contributed by atoms with Crippen LogP contribution in [-0.4, -0.2) is 25.5 Å². The lowest BCUT2D eigenvalue weighted by Gasteiger charge is -2.08. The third-order valence-corrected chi connectivity index (χ3v) is 6.50. The highest BCUT2D eigenvalue weighted by atomic mass is 16.5. The molecule has 4 aromatic carbocycles. The second-order valence-electron chi connectivity index (χ2n) is 9.24. The molecule has 0 radical (unpaired) electrons. The highest BCUT2D eigenvalue weighted by molar-refractivity contribution is 5.92. The lowest BCUT2D eigenvalue weighted by Crippen LogP contribution is -2.23. The number of benzene rings is 4. The molecule has 196 valence electrons. The molecule has 0 unspecified atom stereocenters. The maximum absolute atomic E-state index is 12.9. The zero-order valence-electron chi connectivity index (χ0n) is 21.7.